The quantitative estimate of drug-likeness (QED) is 0.143. The van der Waals surface area contributed by atoms with Crippen molar-refractivity contribution in [3.05, 3.63) is 24.5 Å². The van der Waals surface area contributed by atoms with Crippen LogP contribution in [0, 0.1) is 11.5 Å². The average molecular weight is 417 g/mol. The third kappa shape index (κ3) is 12.6. The van der Waals surface area contributed by atoms with Crippen molar-refractivity contribution >= 4 is 17.7 Å². The number of guanidine groups is 1. The monoisotopic (exact) mass is 416 g/mol. The highest BCUT2D eigenvalue weighted by molar-refractivity contribution is 5.82. The van der Waals surface area contributed by atoms with Crippen LogP contribution in [-0.4, -0.2) is 41.6 Å². The Morgan fingerprint density at radius 1 is 1.13 bits per heavy atom. The maximum absolute atomic E-state index is 11.4. The van der Waals surface area contributed by atoms with Crippen molar-refractivity contribution in [1.29, 1.82) is 5.26 Å². The van der Waals surface area contributed by atoms with E-state index in [2.05, 4.69) is 28.4 Å². The van der Waals surface area contributed by atoms with E-state index in [9.17, 15) is 10.1 Å². The first-order valence-corrected chi connectivity index (χ1v) is 11.0. The molecule has 1 amide bonds. The zero-order valence-corrected chi connectivity index (χ0v) is 18.2. The first-order chi connectivity index (χ1) is 14.7. The fourth-order valence-electron chi connectivity index (χ4n) is 2.83. The third-order valence-electron chi connectivity index (χ3n) is 4.61. The van der Waals surface area contributed by atoms with Crippen molar-refractivity contribution in [2.75, 3.05) is 19.7 Å². The topological polar surface area (TPSA) is 117 Å². The average Bonchev–Trinajstić information content (AvgIpc) is 2.75. The Hall–Kier alpha value is -2.82. The highest BCUT2D eigenvalue weighted by Gasteiger charge is 2.06. The van der Waals surface area contributed by atoms with Crippen LogP contribution in [0.3, 0.4) is 0 Å². The molecule has 0 atom stereocenters. The van der Waals surface area contributed by atoms with Gasteiger partial charge in [-0.1, -0.05) is 51.9 Å². The van der Waals surface area contributed by atoms with E-state index in [0.717, 1.165) is 44.9 Å². The molecule has 0 radical (unpaired) electrons. The molecule has 1 aromatic rings. The fraction of sp³-hybridized carbons (Fsp3) is 0.636. The number of rotatable bonds is 15. The molecule has 0 unspecified atom stereocenters. The molecule has 0 aromatic carbocycles. The van der Waals surface area contributed by atoms with E-state index in [1.54, 1.807) is 24.5 Å². The second-order valence-electron chi connectivity index (χ2n) is 7.17. The van der Waals surface area contributed by atoms with Crippen LogP contribution < -0.4 is 11.1 Å². The van der Waals surface area contributed by atoms with Crippen LogP contribution in [0.2, 0.25) is 0 Å². The minimum absolute atomic E-state index is 0.214. The summed E-state index contributed by atoms with van der Waals surface area (Å²) < 4.78 is 5.04. The molecule has 1 aromatic heterocycles. The van der Waals surface area contributed by atoms with E-state index >= 15 is 0 Å². The number of hydrogen-bond acceptors (Lipinski definition) is 5. The number of nitriles is 1. The van der Waals surface area contributed by atoms with Gasteiger partial charge in [0.15, 0.2) is 6.19 Å². The Morgan fingerprint density at radius 2 is 1.77 bits per heavy atom. The summed E-state index contributed by atoms with van der Waals surface area (Å²) in [6.07, 6.45) is 15.8. The molecule has 0 aliphatic rings. The van der Waals surface area contributed by atoms with Crippen LogP contribution >= 0.6 is 0 Å². The lowest BCUT2D eigenvalue weighted by atomic mass is 10.1. The number of nitrogens with one attached hydrogen (secondary N) is 1. The molecular weight excluding hydrogens is 380 g/mol. The van der Waals surface area contributed by atoms with Gasteiger partial charge in [-0.2, -0.15) is 5.26 Å². The Labute approximate surface area is 180 Å². The van der Waals surface area contributed by atoms with Crippen molar-refractivity contribution in [2.45, 2.75) is 71.1 Å². The smallest absolute Gasteiger partial charge is 0.407 e. The van der Waals surface area contributed by atoms with Gasteiger partial charge in [0.1, 0.15) is 0 Å². The largest absolute Gasteiger partial charge is 0.450 e. The number of nitrogens with two attached hydrogens (primary N) is 1. The Bertz CT molecular complexity index is 645. The number of unbranched alkanes of at least 4 members (excludes halogenated alkanes) is 8. The molecule has 166 valence electrons. The van der Waals surface area contributed by atoms with Crippen molar-refractivity contribution in [2.24, 2.45) is 10.7 Å². The summed E-state index contributed by atoms with van der Waals surface area (Å²) >= 11 is 0. The van der Waals surface area contributed by atoms with Gasteiger partial charge in [0.2, 0.25) is 5.96 Å². The standard InChI is InChI=1S/C22H36N6O2/c1-2-3-18-30-22(29)26-14-10-8-6-4-5-7-9-11-17-28(19-23)21(24)27-20-12-15-25-16-13-20/h12-13,15-16H,2-11,14,17-18H2,1H3,(H,26,29)(H2,24,25,27). The van der Waals surface area contributed by atoms with Gasteiger partial charge in [-0.25, -0.2) is 14.7 Å². The Morgan fingerprint density at radius 3 is 2.40 bits per heavy atom. The number of aliphatic imine (C=N–C) groups is 1. The molecule has 8 nitrogen and oxygen atoms in total. The van der Waals surface area contributed by atoms with Crippen LogP contribution in [0.25, 0.3) is 0 Å². The predicted octanol–water partition coefficient (Wildman–Crippen LogP) is 4.46. The van der Waals surface area contributed by atoms with E-state index in [4.69, 9.17) is 10.5 Å². The lowest BCUT2D eigenvalue weighted by molar-refractivity contribution is 0.144. The lowest BCUT2D eigenvalue weighted by Crippen LogP contribution is -2.34. The van der Waals surface area contributed by atoms with Gasteiger partial charge in [-0.3, -0.25) is 4.98 Å². The van der Waals surface area contributed by atoms with Crippen LogP contribution in [0.15, 0.2) is 29.5 Å². The molecule has 0 aliphatic carbocycles. The van der Waals surface area contributed by atoms with Gasteiger partial charge in [-0.05, 0) is 31.4 Å². The summed E-state index contributed by atoms with van der Waals surface area (Å²) in [5.74, 6) is 0.214. The molecule has 0 aliphatic heterocycles. The highest BCUT2D eigenvalue weighted by atomic mass is 16.5. The summed E-state index contributed by atoms with van der Waals surface area (Å²) in [4.78, 5) is 21.0. The van der Waals surface area contributed by atoms with Gasteiger partial charge < -0.3 is 15.8 Å². The second kappa shape index (κ2) is 17.1. The minimum atomic E-state index is -0.304. The minimum Gasteiger partial charge on any atom is -0.450 e. The van der Waals surface area contributed by atoms with E-state index in [1.807, 2.05) is 0 Å². The van der Waals surface area contributed by atoms with Gasteiger partial charge in [0.05, 0.1) is 12.3 Å². The molecule has 0 bridgehead atoms. The number of aromatic nitrogens is 1. The van der Waals surface area contributed by atoms with Crippen LogP contribution in [-0.2, 0) is 4.74 Å². The molecule has 1 heterocycles. The highest BCUT2D eigenvalue weighted by Crippen LogP contribution is 2.11. The first-order valence-electron chi connectivity index (χ1n) is 11.0. The molecule has 30 heavy (non-hydrogen) atoms. The number of hydrogen-bond donors (Lipinski definition) is 2. The molecular formula is C22H36N6O2. The SMILES string of the molecule is CCCCOC(=O)NCCCCCCCCCCN(C#N)C(N)=Nc1ccncc1. The Kier molecular flexibility index (Phi) is 14.4. The molecule has 3 N–H and O–H groups in total. The molecule has 0 saturated carbocycles. The van der Waals surface area contributed by atoms with Gasteiger partial charge in [0, 0.05) is 25.5 Å². The first kappa shape index (κ1) is 25.2. The third-order valence-corrected chi connectivity index (χ3v) is 4.61. The second-order valence-corrected chi connectivity index (χ2v) is 7.17. The van der Waals surface area contributed by atoms with E-state index in [-0.39, 0.29) is 12.1 Å². The predicted molar refractivity (Wildman–Crippen MR) is 119 cm³/mol. The molecule has 0 fully saturated rings. The van der Waals surface area contributed by atoms with Crippen LogP contribution in [0.5, 0.6) is 0 Å². The number of nitrogens with zero attached hydrogens (tertiary/aromatic N) is 4. The number of pyridine rings is 1. The maximum atomic E-state index is 11.4. The molecule has 0 saturated heterocycles. The number of amides is 1. The number of alkyl carbamates (subject to hydrolysis) is 1. The van der Waals surface area contributed by atoms with Crippen molar-refractivity contribution in [3.63, 3.8) is 0 Å². The van der Waals surface area contributed by atoms with E-state index < -0.39 is 0 Å². The summed E-state index contributed by atoms with van der Waals surface area (Å²) in [5, 5.41) is 12.1. The lowest BCUT2D eigenvalue weighted by Gasteiger charge is -2.14. The molecule has 8 heteroatoms. The van der Waals surface area contributed by atoms with Crippen LogP contribution in [0.1, 0.15) is 71.1 Å². The van der Waals surface area contributed by atoms with Gasteiger partial charge >= 0.3 is 6.09 Å². The number of carbonyl (C=O) groups excluding carboxylic acids is 1. The van der Waals surface area contributed by atoms with Gasteiger partial charge in [-0.15, -0.1) is 0 Å². The van der Waals surface area contributed by atoms with E-state index in [0.29, 0.717) is 25.4 Å². The normalized spacial score (nSPS) is 11.0. The van der Waals surface area contributed by atoms with Gasteiger partial charge in [0.25, 0.3) is 0 Å². The zero-order valence-electron chi connectivity index (χ0n) is 18.2. The summed E-state index contributed by atoms with van der Waals surface area (Å²) in [5.41, 5.74) is 6.62. The van der Waals surface area contributed by atoms with Crippen molar-refractivity contribution < 1.29 is 9.53 Å². The summed E-state index contributed by atoms with van der Waals surface area (Å²) in [6, 6.07) is 3.50. The number of ether oxygens (including phenoxy) is 1. The summed E-state index contributed by atoms with van der Waals surface area (Å²) in [6.45, 7) is 3.82. The zero-order chi connectivity index (χ0) is 21.9. The molecule has 1 rings (SSSR count). The van der Waals surface area contributed by atoms with Crippen molar-refractivity contribution in [3.8, 4) is 6.19 Å². The van der Waals surface area contributed by atoms with E-state index in [1.165, 1.54) is 24.2 Å². The molecule has 0 spiro atoms. The van der Waals surface area contributed by atoms with Crippen LogP contribution in [0.4, 0.5) is 10.5 Å². The van der Waals surface area contributed by atoms with Crippen molar-refractivity contribution in [1.82, 2.24) is 15.2 Å². The maximum Gasteiger partial charge on any atom is 0.407 e. The Balaban J connectivity index is 1.99. The summed E-state index contributed by atoms with van der Waals surface area (Å²) in [7, 11) is 0. The fourth-order valence-corrected chi connectivity index (χ4v) is 2.83. The number of carbonyl (C=O) groups is 1.